The normalized spacial score (nSPS) is 15.4. The van der Waals surface area contributed by atoms with Crippen LogP contribution in [-0.2, 0) is 27.2 Å². The van der Waals surface area contributed by atoms with E-state index in [1.807, 2.05) is 42.5 Å². The molecule has 2 atom stereocenters. The third-order valence-electron chi connectivity index (χ3n) is 6.30. The second-order valence-corrected chi connectivity index (χ2v) is 8.75. The topological polar surface area (TPSA) is 113 Å². The minimum absolute atomic E-state index is 0.153. The number of fused-ring (bicyclic) bond motifs is 1. The summed E-state index contributed by atoms with van der Waals surface area (Å²) in [7, 11) is 0. The van der Waals surface area contributed by atoms with Gasteiger partial charge in [-0.05, 0) is 56.3 Å². The fourth-order valence-corrected chi connectivity index (χ4v) is 4.48. The standard InChI is InChI=1S/C27H35N3O5/c1-2-35-26(33)22(15-14-20-10-4-3-5-11-20)19-29(17-9-8-16-28)27(34)30-23-13-7-6-12-21(23)18-24(30)25(31)32/h3-7,10-13,22,24H,2,8-9,14-19,28H2,1H3,(H,31,32)/t22-,24?/m1/s1. The number of amides is 2. The minimum Gasteiger partial charge on any atom is -0.480 e. The molecule has 35 heavy (non-hydrogen) atoms. The van der Waals surface area contributed by atoms with Crippen LogP contribution >= 0.6 is 0 Å². The molecule has 0 saturated heterocycles. The Labute approximate surface area is 206 Å². The van der Waals surface area contributed by atoms with Crippen LogP contribution in [0.15, 0.2) is 54.6 Å². The highest BCUT2D eigenvalue weighted by Crippen LogP contribution is 2.33. The number of aliphatic carboxylic acids is 1. The molecule has 3 rings (SSSR count). The van der Waals surface area contributed by atoms with Crippen molar-refractivity contribution in [2.45, 2.75) is 45.1 Å². The molecule has 0 aromatic heterocycles. The van der Waals surface area contributed by atoms with Gasteiger partial charge in [0, 0.05) is 25.2 Å². The average Bonchev–Trinajstić information content (AvgIpc) is 3.26. The summed E-state index contributed by atoms with van der Waals surface area (Å²) in [6.45, 7) is 3.03. The van der Waals surface area contributed by atoms with Crippen LogP contribution in [0.1, 0.15) is 37.3 Å². The molecule has 188 valence electrons. The van der Waals surface area contributed by atoms with Crippen molar-refractivity contribution in [3.8, 4) is 0 Å². The molecule has 1 aliphatic rings. The third-order valence-corrected chi connectivity index (χ3v) is 6.30. The number of urea groups is 1. The Morgan fingerprint density at radius 1 is 1.11 bits per heavy atom. The van der Waals surface area contributed by atoms with Crippen LogP contribution in [0.5, 0.6) is 0 Å². The van der Waals surface area contributed by atoms with Gasteiger partial charge in [0.1, 0.15) is 6.04 Å². The zero-order chi connectivity index (χ0) is 25.2. The molecule has 0 spiro atoms. The Kier molecular flexibility index (Phi) is 9.66. The maximum Gasteiger partial charge on any atom is 0.327 e. The van der Waals surface area contributed by atoms with Crippen molar-refractivity contribution in [2.75, 3.05) is 31.1 Å². The summed E-state index contributed by atoms with van der Waals surface area (Å²) in [6.07, 6.45) is 2.81. The summed E-state index contributed by atoms with van der Waals surface area (Å²) < 4.78 is 5.34. The van der Waals surface area contributed by atoms with Crippen molar-refractivity contribution in [3.63, 3.8) is 0 Å². The number of para-hydroxylation sites is 1. The molecule has 0 saturated carbocycles. The van der Waals surface area contributed by atoms with Gasteiger partial charge in [-0.2, -0.15) is 0 Å². The number of carbonyl (C=O) groups excluding carboxylic acids is 2. The average molecular weight is 482 g/mol. The van der Waals surface area contributed by atoms with Crippen molar-refractivity contribution >= 4 is 23.7 Å². The first kappa shape index (κ1) is 26.2. The number of nitrogens with two attached hydrogens (primary N) is 1. The smallest absolute Gasteiger partial charge is 0.327 e. The maximum absolute atomic E-state index is 13.8. The number of hydrogen-bond acceptors (Lipinski definition) is 5. The van der Waals surface area contributed by atoms with E-state index in [9.17, 15) is 19.5 Å². The van der Waals surface area contributed by atoms with E-state index in [0.717, 1.165) is 17.5 Å². The fraction of sp³-hybridized carbons (Fsp3) is 0.444. The van der Waals surface area contributed by atoms with Crippen molar-refractivity contribution in [1.82, 2.24) is 4.90 Å². The van der Waals surface area contributed by atoms with Crippen LogP contribution in [0.2, 0.25) is 0 Å². The Morgan fingerprint density at radius 2 is 1.83 bits per heavy atom. The van der Waals surface area contributed by atoms with E-state index in [2.05, 4.69) is 0 Å². The molecule has 8 nitrogen and oxygen atoms in total. The molecule has 1 heterocycles. The lowest BCUT2D eigenvalue weighted by Gasteiger charge is -2.33. The molecule has 0 bridgehead atoms. The summed E-state index contributed by atoms with van der Waals surface area (Å²) >= 11 is 0. The van der Waals surface area contributed by atoms with Crippen molar-refractivity contribution in [2.24, 2.45) is 11.7 Å². The lowest BCUT2D eigenvalue weighted by atomic mass is 9.98. The van der Waals surface area contributed by atoms with E-state index < -0.39 is 24.0 Å². The first-order chi connectivity index (χ1) is 17.0. The summed E-state index contributed by atoms with van der Waals surface area (Å²) in [5, 5.41) is 9.85. The predicted molar refractivity (Wildman–Crippen MR) is 134 cm³/mol. The Morgan fingerprint density at radius 3 is 2.51 bits per heavy atom. The van der Waals surface area contributed by atoms with Crippen LogP contribution in [0.3, 0.4) is 0 Å². The zero-order valence-corrected chi connectivity index (χ0v) is 20.3. The molecule has 0 fully saturated rings. The first-order valence-corrected chi connectivity index (χ1v) is 12.3. The van der Waals surface area contributed by atoms with Gasteiger partial charge >= 0.3 is 18.0 Å². The number of rotatable bonds is 12. The number of anilines is 1. The van der Waals surface area contributed by atoms with Gasteiger partial charge in [0.25, 0.3) is 0 Å². The Hall–Kier alpha value is -3.39. The number of aryl methyl sites for hydroxylation is 1. The van der Waals surface area contributed by atoms with Crippen LogP contribution in [0.25, 0.3) is 0 Å². The third kappa shape index (κ3) is 6.82. The number of carbonyl (C=O) groups is 3. The van der Waals surface area contributed by atoms with Gasteiger partial charge in [0.2, 0.25) is 0 Å². The van der Waals surface area contributed by atoms with Crippen LogP contribution in [-0.4, -0.2) is 60.3 Å². The zero-order valence-electron chi connectivity index (χ0n) is 20.3. The summed E-state index contributed by atoms with van der Waals surface area (Å²) in [5.74, 6) is -1.93. The molecule has 1 aliphatic heterocycles. The second-order valence-electron chi connectivity index (χ2n) is 8.75. The number of hydrogen-bond donors (Lipinski definition) is 2. The molecule has 2 aromatic rings. The highest BCUT2D eigenvalue weighted by molar-refractivity contribution is 6.01. The lowest BCUT2D eigenvalue weighted by Crippen LogP contribution is -2.51. The predicted octanol–water partition coefficient (Wildman–Crippen LogP) is 3.48. The van der Waals surface area contributed by atoms with Gasteiger partial charge in [0.05, 0.1) is 12.5 Å². The van der Waals surface area contributed by atoms with Crippen molar-refractivity contribution in [3.05, 3.63) is 65.7 Å². The lowest BCUT2D eigenvalue weighted by molar-refractivity contribution is -0.148. The largest absolute Gasteiger partial charge is 0.480 e. The molecule has 0 aliphatic carbocycles. The second kappa shape index (κ2) is 12.9. The fourth-order valence-electron chi connectivity index (χ4n) is 4.48. The van der Waals surface area contributed by atoms with Gasteiger partial charge in [0.15, 0.2) is 0 Å². The Bertz CT molecular complexity index is 997. The molecule has 2 aromatic carbocycles. The van der Waals surface area contributed by atoms with Crippen LogP contribution in [0.4, 0.5) is 10.5 Å². The molecule has 0 radical (unpaired) electrons. The SMILES string of the molecule is CCOC(=O)[C@H](CCc1ccccc1)CN(CCCCN)C(=O)N1c2ccccc2CC1C(=O)O. The van der Waals surface area contributed by atoms with Crippen molar-refractivity contribution < 1.29 is 24.2 Å². The molecular formula is C27H35N3O5. The number of unbranched alkanes of at least 4 members (excludes halogenated alkanes) is 1. The molecule has 2 amide bonds. The van der Waals surface area contributed by atoms with E-state index >= 15 is 0 Å². The van der Waals surface area contributed by atoms with E-state index in [1.165, 1.54) is 4.90 Å². The van der Waals surface area contributed by atoms with E-state index in [0.29, 0.717) is 38.0 Å². The summed E-state index contributed by atoms with van der Waals surface area (Å²) in [4.78, 5) is 41.7. The van der Waals surface area contributed by atoms with Gasteiger partial charge < -0.3 is 20.5 Å². The van der Waals surface area contributed by atoms with E-state index in [-0.39, 0.29) is 25.5 Å². The number of benzene rings is 2. The van der Waals surface area contributed by atoms with Gasteiger partial charge in [-0.15, -0.1) is 0 Å². The van der Waals surface area contributed by atoms with Gasteiger partial charge in [-0.3, -0.25) is 9.69 Å². The highest BCUT2D eigenvalue weighted by Gasteiger charge is 2.40. The Balaban J connectivity index is 1.85. The molecule has 1 unspecified atom stereocenters. The first-order valence-electron chi connectivity index (χ1n) is 12.3. The van der Waals surface area contributed by atoms with Gasteiger partial charge in [-0.1, -0.05) is 48.5 Å². The van der Waals surface area contributed by atoms with Gasteiger partial charge in [-0.25, -0.2) is 9.59 Å². The van der Waals surface area contributed by atoms with E-state index in [4.69, 9.17) is 10.5 Å². The van der Waals surface area contributed by atoms with Crippen LogP contribution in [0, 0.1) is 5.92 Å². The maximum atomic E-state index is 13.8. The van der Waals surface area contributed by atoms with Crippen molar-refractivity contribution in [1.29, 1.82) is 0 Å². The molecule has 3 N–H and O–H groups in total. The van der Waals surface area contributed by atoms with E-state index in [1.54, 1.807) is 24.0 Å². The molecule has 8 heteroatoms. The number of carboxylic acids is 1. The van der Waals surface area contributed by atoms with Crippen LogP contribution < -0.4 is 10.6 Å². The minimum atomic E-state index is -1.05. The summed E-state index contributed by atoms with van der Waals surface area (Å²) in [5.41, 5.74) is 8.20. The number of carboxylic acid groups (broad SMARTS) is 1. The molecular weight excluding hydrogens is 446 g/mol. The quantitative estimate of drug-likeness (QED) is 0.355. The monoisotopic (exact) mass is 481 g/mol. The number of esters is 1. The summed E-state index contributed by atoms with van der Waals surface area (Å²) in [6, 6.07) is 15.7. The number of ether oxygens (including phenoxy) is 1. The highest BCUT2D eigenvalue weighted by atomic mass is 16.5. The number of nitrogens with zero attached hydrogens (tertiary/aromatic N) is 2.